The summed E-state index contributed by atoms with van der Waals surface area (Å²) < 4.78 is 0. The van der Waals surface area contributed by atoms with E-state index in [1.54, 1.807) is 6.07 Å². The number of phenolic OH excluding ortho intramolecular Hbond substituents is 1. The number of non-ortho nitro benzene ring substituents is 1. The van der Waals surface area contributed by atoms with Gasteiger partial charge in [-0.2, -0.15) is 0 Å². The van der Waals surface area contributed by atoms with Crippen LogP contribution >= 0.6 is 0 Å². The van der Waals surface area contributed by atoms with Crippen LogP contribution in [-0.2, 0) is 6.54 Å². The molecule has 138 valence electrons. The Balaban J connectivity index is 1.75. The normalized spacial score (nSPS) is 18.0. The predicted octanol–water partition coefficient (Wildman–Crippen LogP) is 2.37. The van der Waals surface area contributed by atoms with E-state index < -0.39 is 4.92 Å². The van der Waals surface area contributed by atoms with Gasteiger partial charge in [-0.1, -0.05) is 30.3 Å². The van der Waals surface area contributed by atoms with Crippen molar-refractivity contribution in [2.24, 2.45) is 0 Å². The lowest BCUT2D eigenvalue weighted by Crippen LogP contribution is -2.53. The molecule has 1 heterocycles. The molecule has 0 aromatic heterocycles. The monoisotopic (exact) mass is 357 g/mol. The van der Waals surface area contributed by atoms with Gasteiger partial charge in [0, 0.05) is 44.9 Å². The number of aliphatic hydroxyl groups is 1. The Bertz CT molecular complexity index is 754. The molecule has 7 heteroatoms. The largest absolute Gasteiger partial charge is 0.506 e. The molecule has 26 heavy (non-hydrogen) atoms. The van der Waals surface area contributed by atoms with Crippen molar-refractivity contribution in [2.45, 2.75) is 19.0 Å². The van der Waals surface area contributed by atoms with Crippen LogP contribution in [0, 0.1) is 10.1 Å². The number of rotatable bonds is 6. The third-order valence-corrected chi connectivity index (χ3v) is 4.76. The lowest BCUT2D eigenvalue weighted by Gasteiger charge is -2.43. The van der Waals surface area contributed by atoms with Gasteiger partial charge in [-0.25, -0.2) is 0 Å². The average Bonchev–Trinajstić information content (AvgIpc) is 2.63. The fraction of sp³-hybridized carbons (Fsp3) is 0.368. The molecule has 3 rings (SSSR count). The Labute approximate surface area is 152 Å². The van der Waals surface area contributed by atoms with Crippen LogP contribution in [0.2, 0.25) is 0 Å². The molecule has 1 fully saturated rings. The number of nitrogens with zero attached hydrogens (tertiary/aromatic N) is 3. The Morgan fingerprint density at radius 1 is 1.15 bits per heavy atom. The highest BCUT2D eigenvalue weighted by Crippen LogP contribution is 2.34. The van der Waals surface area contributed by atoms with E-state index in [-0.39, 0.29) is 24.1 Å². The molecule has 2 aromatic rings. The first kappa shape index (κ1) is 18.2. The zero-order valence-electron chi connectivity index (χ0n) is 14.5. The zero-order valence-corrected chi connectivity index (χ0v) is 14.5. The molecule has 7 nitrogen and oxygen atoms in total. The van der Waals surface area contributed by atoms with E-state index in [2.05, 4.69) is 17.0 Å². The first-order valence-corrected chi connectivity index (χ1v) is 8.69. The molecular weight excluding hydrogens is 334 g/mol. The number of aliphatic hydroxyl groups excluding tert-OH is 1. The number of hydrogen-bond donors (Lipinski definition) is 2. The van der Waals surface area contributed by atoms with Gasteiger partial charge in [0.25, 0.3) is 5.69 Å². The molecule has 1 aliphatic rings. The van der Waals surface area contributed by atoms with E-state index in [1.807, 2.05) is 23.1 Å². The highest BCUT2D eigenvalue weighted by molar-refractivity contribution is 5.62. The van der Waals surface area contributed by atoms with Crippen LogP contribution in [-0.4, -0.2) is 52.3 Å². The number of piperazine rings is 1. The van der Waals surface area contributed by atoms with E-state index in [0.29, 0.717) is 18.7 Å². The SMILES string of the molecule is O=[N+]([O-])c1ccc(N2CCN(Cc3ccccc3)CC2CCO)c(O)c1. The van der Waals surface area contributed by atoms with Crippen molar-refractivity contribution in [1.82, 2.24) is 4.90 Å². The molecule has 0 spiro atoms. The van der Waals surface area contributed by atoms with E-state index in [4.69, 9.17) is 0 Å². The molecule has 1 saturated heterocycles. The summed E-state index contributed by atoms with van der Waals surface area (Å²) in [6.45, 7) is 3.14. The summed E-state index contributed by atoms with van der Waals surface area (Å²) in [7, 11) is 0. The van der Waals surface area contributed by atoms with Gasteiger partial charge in [0.1, 0.15) is 5.75 Å². The van der Waals surface area contributed by atoms with Gasteiger partial charge in [-0.15, -0.1) is 0 Å². The number of nitro benzene ring substituents is 1. The van der Waals surface area contributed by atoms with Gasteiger partial charge >= 0.3 is 0 Å². The first-order valence-electron chi connectivity index (χ1n) is 8.69. The zero-order chi connectivity index (χ0) is 18.5. The van der Waals surface area contributed by atoms with Crippen LogP contribution in [0.4, 0.5) is 11.4 Å². The topological polar surface area (TPSA) is 90.1 Å². The lowest BCUT2D eigenvalue weighted by molar-refractivity contribution is -0.384. The van der Waals surface area contributed by atoms with Crippen LogP contribution in [0.3, 0.4) is 0 Å². The molecule has 0 aliphatic carbocycles. The van der Waals surface area contributed by atoms with Gasteiger partial charge in [-0.3, -0.25) is 15.0 Å². The van der Waals surface area contributed by atoms with Gasteiger partial charge in [-0.05, 0) is 18.1 Å². The number of hydrogen-bond acceptors (Lipinski definition) is 6. The molecule has 1 atom stereocenters. The van der Waals surface area contributed by atoms with Gasteiger partial charge < -0.3 is 15.1 Å². The second-order valence-corrected chi connectivity index (χ2v) is 6.51. The van der Waals surface area contributed by atoms with Crippen molar-refractivity contribution < 1.29 is 15.1 Å². The third kappa shape index (κ3) is 4.12. The summed E-state index contributed by atoms with van der Waals surface area (Å²) in [6, 6.07) is 14.4. The summed E-state index contributed by atoms with van der Waals surface area (Å²) in [5, 5.41) is 30.6. The van der Waals surface area contributed by atoms with Crippen molar-refractivity contribution in [3.05, 3.63) is 64.2 Å². The fourth-order valence-corrected chi connectivity index (χ4v) is 3.49. The first-order chi connectivity index (χ1) is 12.6. The summed E-state index contributed by atoms with van der Waals surface area (Å²) in [5.41, 5.74) is 1.68. The Morgan fingerprint density at radius 3 is 2.58 bits per heavy atom. The lowest BCUT2D eigenvalue weighted by atomic mass is 10.1. The van der Waals surface area contributed by atoms with E-state index in [1.165, 1.54) is 17.7 Å². The standard InChI is InChI=1S/C19H23N3O4/c23-11-8-17-14-20(13-15-4-2-1-3-5-15)9-10-21(17)18-7-6-16(22(25)26)12-19(18)24/h1-7,12,17,23-24H,8-11,13-14H2. The highest BCUT2D eigenvalue weighted by Gasteiger charge is 2.29. The van der Waals surface area contributed by atoms with E-state index in [9.17, 15) is 20.3 Å². The number of nitro groups is 1. The minimum atomic E-state index is -0.521. The number of anilines is 1. The van der Waals surface area contributed by atoms with Crippen molar-refractivity contribution >= 4 is 11.4 Å². The third-order valence-electron chi connectivity index (χ3n) is 4.76. The average molecular weight is 357 g/mol. The molecule has 0 saturated carbocycles. The van der Waals surface area contributed by atoms with Crippen molar-refractivity contribution in [3.63, 3.8) is 0 Å². The molecule has 0 bridgehead atoms. The maximum Gasteiger partial charge on any atom is 0.273 e. The summed E-state index contributed by atoms with van der Waals surface area (Å²) in [4.78, 5) is 14.7. The minimum absolute atomic E-state index is 0.0322. The molecule has 0 radical (unpaired) electrons. The molecular formula is C19H23N3O4. The van der Waals surface area contributed by atoms with Gasteiger partial charge in [0.2, 0.25) is 0 Å². The Hall–Kier alpha value is -2.64. The van der Waals surface area contributed by atoms with Gasteiger partial charge in [0.15, 0.2) is 0 Å². The number of aromatic hydroxyl groups is 1. The van der Waals surface area contributed by atoms with Crippen LogP contribution in [0.1, 0.15) is 12.0 Å². The second-order valence-electron chi connectivity index (χ2n) is 6.51. The summed E-state index contributed by atoms with van der Waals surface area (Å²) in [6.07, 6.45) is 0.571. The molecule has 0 amide bonds. The summed E-state index contributed by atoms with van der Waals surface area (Å²) in [5.74, 6) is -0.0985. The number of benzene rings is 2. The second kappa shape index (κ2) is 8.16. The van der Waals surface area contributed by atoms with Gasteiger partial charge in [0.05, 0.1) is 16.7 Å². The maximum absolute atomic E-state index is 10.9. The van der Waals surface area contributed by atoms with Crippen LogP contribution in [0.15, 0.2) is 48.5 Å². The molecule has 2 N–H and O–H groups in total. The number of phenols is 1. The molecule has 2 aromatic carbocycles. The predicted molar refractivity (Wildman–Crippen MR) is 99.3 cm³/mol. The van der Waals surface area contributed by atoms with Crippen LogP contribution in [0.5, 0.6) is 5.75 Å². The Morgan fingerprint density at radius 2 is 1.92 bits per heavy atom. The van der Waals surface area contributed by atoms with E-state index in [0.717, 1.165) is 19.6 Å². The smallest absolute Gasteiger partial charge is 0.273 e. The minimum Gasteiger partial charge on any atom is -0.506 e. The van der Waals surface area contributed by atoms with Crippen molar-refractivity contribution in [3.8, 4) is 5.75 Å². The maximum atomic E-state index is 10.9. The molecule has 1 aliphatic heterocycles. The van der Waals surface area contributed by atoms with Crippen LogP contribution in [0.25, 0.3) is 0 Å². The Kier molecular flexibility index (Phi) is 5.70. The fourth-order valence-electron chi connectivity index (χ4n) is 3.49. The summed E-state index contributed by atoms with van der Waals surface area (Å²) >= 11 is 0. The van der Waals surface area contributed by atoms with E-state index >= 15 is 0 Å². The van der Waals surface area contributed by atoms with Crippen LogP contribution < -0.4 is 4.90 Å². The van der Waals surface area contributed by atoms with Crippen molar-refractivity contribution in [1.29, 1.82) is 0 Å². The highest BCUT2D eigenvalue weighted by atomic mass is 16.6. The van der Waals surface area contributed by atoms with Crippen molar-refractivity contribution in [2.75, 3.05) is 31.1 Å². The quantitative estimate of drug-likeness (QED) is 0.609. The molecule has 1 unspecified atom stereocenters.